The molecule has 1 aliphatic heterocycles. The van der Waals surface area contributed by atoms with E-state index >= 15 is 0 Å². The Morgan fingerprint density at radius 2 is 2.36 bits per heavy atom. The lowest BCUT2D eigenvalue weighted by molar-refractivity contribution is 0.123. The molecule has 0 aromatic rings. The van der Waals surface area contributed by atoms with Gasteiger partial charge in [0, 0.05) is 4.75 Å². The van der Waals surface area contributed by atoms with Crippen molar-refractivity contribution in [3.8, 4) is 0 Å². The van der Waals surface area contributed by atoms with Crippen molar-refractivity contribution in [2.24, 2.45) is 0 Å². The second-order valence-corrected chi connectivity index (χ2v) is 5.20. The Kier molecular flexibility index (Phi) is 3.26. The summed E-state index contributed by atoms with van der Waals surface area (Å²) in [7, 11) is 0. The number of hydrogen-bond donors (Lipinski definition) is 1. The minimum absolute atomic E-state index is 0.0833. The van der Waals surface area contributed by atoms with E-state index in [1.165, 1.54) is 18.6 Å². The molecule has 2 unspecified atom stereocenters. The van der Waals surface area contributed by atoms with Crippen LogP contribution in [0.5, 0.6) is 0 Å². The van der Waals surface area contributed by atoms with Crippen LogP contribution in [0.2, 0.25) is 0 Å². The van der Waals surface area contributed by atoms with Crippen molar-refractivity contribution in [3.05, 3.63) is 0 Å². The summed E-state index contributed by atoms with van der Waals surface area (Å²) in [5.41, 5.74) is 0. The van der Waals surface area contributed by atoms with E-state index in [0.717, 1.165) is 12.8 Å². The summed E-state index contributed by atoms with van der Waals surface area (Å²) >= 11 is 1.94. The molecule has 11 heavy (non-hydrogen) atoms. The van der Waals surface area contributed by atoms with Crippen molar-refractivity contribution in [1.29, 1.82) is 0 Å². The molecule has 0 bridgehead atoms. The Bertz CT molecular complexity index is 119. The largest absolute Gasteiger partial charge is 0.392 e. The fraction of sp³-hybridized carbons (Fsp3) is 1.00. The van der Waals surface area contributed by atoms with Gasteiger partial charge in [-0.05, 0) is 31.9 Å². The summed E-state index contributed by atoms with van der Waals surface area (Å²) < 4.78 is 0.177. The van der Waals surface area contributed by atoms with Crippen LogP contribution in [0.4, 0.5) is 0 Å². The highest BCUT2D eigenvalue weighted by molar-refractivity contribution is 8.00. The molecule has 0 amide bonds. The predicted octanol–water partition coefficient (Wildman–Crippen LogP) is 2.43. The second-order valence-electron chi connectivity index (χ2n) is 3.57. The first-order valence-corrected chi connectivity index (χ1v) is 5.49. The van der Waals surface area contributed by atoms with Crippen LogP contribution in [0.3, 0.4) is 0 Å². The van der Waals surface area contributed by atoms with E-state index in [-0.39, 0.29) is 10.9 Å². The van der Waals surface area contributed by atoms with Crippen LogP contribution in [0.15, 0.2) is 0 Å². The standard InChI is InChI=1S/C9H18OS/c1-3-5-8(10)9(2)6-4-7-11-9/h8,10H,3-7H2,1-2H3. The molecule has 1 rings (SSSR count). The lowest BCUT2D eigenvalue weighted by Gasteiger charge is -2.28. The summed E-state index contributed by atoms with van der Waals surface area (Å²) in [5.74, 6) is 1.23. The van der Waals surface area contributed by atoms with Crippen LogP contribution in [-0.4, -0.2) is 21.7 Å². The van der Waals surface area contributed by atoms with Crippen molar-refractivity contribution in [1.82, 2.24) is 0 Å². The molecule has 0 spiro atoms. The summed E-state index contributed by atoms with van der Waals surface area (Å²) in [6, 6.07) is 0. The van der Waals surface area contributed by atoms with Crippen molar-refractivity contribution in [2.75, 3.05) is 5.75 Å². The summed E-state index contributed by atoms with van der Waals surface area (Å²) in [6.07, 6.45) is 4.45. The number of aliphatic hydroxyl groups excluding tert-OH is 1. The maximum atomic E-state index is 9.79. The number of aliphatic hydroxyl groups is 1. The van der Waals surface area contributed by atoms with Crippen LogP contribution < -0.4 is 0 Å². The van der Waals surface area contributed by atoms with Crippen LogP contribution in [-0.2, 0) is 0 Å². The Morgan fingerprint density at radius 3 is 2.82 bits per heavy atom. The van der Waals surface area contributed by atoms with Gasteiger partial charge in [0.15, 0.2) is 0 Å². The van der Waals surface area contributed by atoms with E-state index in [1.54, 1.807) is 0 Å². The van der Waals surface area contributed by atoms with Crippen LogP contribution in [0.1, 0.15) is 39.5 Å². The Morgan fingerprint density at radius 1 is 1.64 bits per heavy atom. The zero-order chi connectivity index (χ0) is 8.32. The smallest absolute Gasteiger partial charge is 0.0684 e. The Labute approximate surface area is 73.6 Å². The van der Waals surface area contributed by atoms with Gasteiger partial charge in [0.1, 0.15) is 0 Å². The monoisotopic (exact) mass is 174 g/mol. The maximum absolute atomic E-state index is 9.79. The van der Waals surface area contributed by atoms with E-state index in [4.69, 9.17) is 0 Å². The molecule has 0 aromatic carbocycles. The molecule has 1 nitrogen and oxygen atoms in total. The predicted molar refractivity (Wildman–Crippen MR) is 51.0 cm³/mol. The van der Waals surface area contributed by atoms with E-state index in [9.17, 15) is 5.11 Å². The molecule has 1 aliphatic rings. The van der Waals surface area contributed by atoms with Crippen molar-refractivity contribution in [2.45, 2.75) is 50.4 Å². The van der Waals surface area contributed by atoms with E-state index in [1.807, 2.05) is 11.8 Å². The summed E-state index contributed by atoms with van der Waals surface area (Å²) in [4.78, 5) is 0. The van der Waals surface area contributed by atoms with Crippen LogP contribution in [0.25, 0.3) is 0 Å². The third-order valence-corrected chi connectivity index (χ3v) is 4.14. The van der Waals surface area contributed by atoms with Crippen LogP contribution in [0, 0.1) is 0 Å². The fourth-order valence-corrected chi connectivity index (χ4v) is 3.00. The molecule has 1 heterocycles. The summed E-state index contributed by atoms with van der Waals surface area (Å²) in [6.45, 7) is 4.33. The van der Waals surface area contributed by atoms with Gasteiger partial charge in [-0.15, -0.1) is 0 Å². The topological polar surface area (TPSA) is 20.2 Å². The summed E-state index contributed by atoms with van der Waals surface area (Å²) in [5, 5.41) is 9.79. The first kappa shape index (κ1) is 9.40. The number of thioether (sulfide) groups is 1. The van der Waals surface area contributed by atoms with Crippen molar-refractivity contribution < 1.29 is 5.11 Å². The van der Waals surface area contributed by atoms with E-state index in [0.29, 0.717) is 0 Å². The molecule has 0 aliphatic carbocycles. The van der Waals surface area contributed by atoms with Crippen LogP contribution >= 0.6 is 11.8 Å². The van der Waals surface area contributed by atoms with Gasteiger partial charge < -0.3 is 5.11 Å². The molecule has 66 valence electrons. The highest BCUT2D eigenvalue weighted by atomic mass is 32.2. The highest BCUT2D eigenvalue weighted by Crippen LogP contribution is 2.41. The molecule has 0 saturated carbocycles. The average molecular weight is 174 g/mol. The van der Waals surface area contributed by atoms with E-state index < -0.39 is 0 Å². The van der Waals surface area contributed by atoms with Crippen molar-refractivity contribution >= 4 is 11.8 Å². The molecule has 0 radical (unpaired) electrons. The molecule has 2 atom stereocenters. The van der Waals surface area contributed by atoms with Gasteiger partial charge >= 0.3 is 0 Å². The normalized spacial score (nSPS) is 34.1. The zero-order valence-corrected chi connectivity index (χ0v) is 8.28. The number of rotatable bonds is 3. The molecule has 0 aromatic heterocycles. The van der Waals surface area contributed by atoms with Gasteiger partial charge in [0.05, 0.1) is 6.10 Å². The van der Waals surface area contributed by atoms with E-state index in [2.05, 4.69) is 13.8 Å². The van der Waals surface area contributed by atoms with Gasteiger partial charge in [0.2, 0.25) is 0 Å². The molecule has 2 heteroatoms. The zero-order valence-electron chi connectivity index (χ0n) is 7.47. The van der Waals surface area contributed by atoms with Gasteiger partial charge in [-0.1, -0.05) is 13.3 Å². The second kappa shape index (κ2) is 3.81. The van der Waals surface area contributed by atoms with Gasteiger partial charge in [0.25, 0.3) is 0 Å². The van der Waals surface area contributed by atoms with Gasteiger partial charge in [-0.2, -0.15) is 11.8 Å². The molecule has 1 saturated heterocycles. The third-order valence-electron chi connectivity index (χ3n) is 2.52. The SMILES string of the molecule is CCCC(O)C1(C)CCCS1. The quantitative estimate of drug-likeness (QED) is 0.709. The molecule has 1 fully saturated rings. The Hall–Kier alpha value is 0.310. The first-order valence-electron chi connectivity index (χ1n) is 4.51. The fourth-order valence-electron chi connectivity index (χ4n) is 1.64. The highest BCUT2D eigenvalue weighted by Gasteiger charge is 2.35. The maximum Gasteiger partial charge on any atom is 0.0684 e. The van der Waals surface area contributed by atoms with Crippen molar-refractivity contribution in [3.63, 3.8) is 0 Å². The third kappa shape index (κ3) is 2.12. The van der Waals surface area contributed by atoms with Gasteiger partial charge in [-0.3, -0.25) is 0 Å². The van der Waals surface area contributed by atoms with Gasteiger partial charge in [-0.25, -0.2) is 0 Å². The molecular weight excluding hydrogens is 156 g/mol. The number of hydrogen-bond acceptors (Lipinski definition) is 2. The minimum Gasteiger partial charge on any atom is -0.392 e. The lowest BCUT2D eigenvalue weighted by atomic mass is 9.95. The first-order chi connectivity index (χ1) is 5.19. The lowest BCUT2D eigenvalue weighted by Crippen LogP contribution is -2.33. The molecule has 1 N–H and O–H groups in total. The minimum atomic E-state index is -0.0833. The Balaban J connectivity index is 2.42. The molecular formula is C9H18OS. The average Bonchev–Trinajstić information content (AvgIpc) is 2.38.